The standard InChI is InChI=1S/C12H11NO3S/c14-12(15)11-9(4-6-17-11)7-16-8-10-3-1-2-5-13-10/h1-6H,7-8H2,(H,14,15). The van der Waals surface area contributed by atoms with E-state index in [1.807, 2.05) is 18.2 Å². The molecule has 0 fully saturated rings. The van der Waals surface area contributed by atoms with Gasteiger partial charge in [-0.1, -0.05) is 6.07 Å². The number of rotatable bonds is 5. The highest BCUT2D eigenvalue weighted by Gasteiger charge is 2.11. The van der Waals surface area contributed by atoms with Crippen LogP contribution in [0.4, 0.5) is 0 Å². The van der Waals surface area contributed by atoms with Crippen LogP contribution in [0.2, 0.25) is 0 Å². The molecular weight excluding hydrogens is 238 g/mol. The minimum atomic E-state index is -0.906. The van der Waals surface area contributed by atoms with Gasteiger partial charge in [0.1, 0.15) is 4.88 Å². The quantitative estimate of drug-likeness (QED) is 0.884. The Bertz CT molecular complexity index is 495. The highest BCUT2D eigenvalue weighted by Crippen LogP contribution is 2.17. The van der Waals surface area contributed by atoms with Crippen LogP contribution in [0, 0.1) is 0 Å². The van der Waals surface area contributed by atoms with E-state index in [2.05, 4.69) is 4.98 Å². The van der Waals surface area contributed by atoms with Crippen LogP contribution in [0.15, 0.2) is 35.8 Å². The van der Waals surface area contributed by atoms with E-state index in [1.54, 1.807) is 17.6 Å². The summed E-state index contributed by atoms with van der Waals surface area (Å²) < 4.78 is 5.44. The van der Waals surface area contributed by atoms with E-state index in [0.29, 0.717) is 23.7 Å². The lowest BCUT2D eigenvalue weighted by atomic mass is 10.3. The Morgan fingerprint density at radius 1 is 1.35 bits per heavy atom. The second kappa shape index (κ2) is 5.56. The third-order valence-corrected chi connectivity index (χ3v) is 3.12. The summed E-state index contributed by atoms with van der Waals surface area (Å²) in [6.45, 7) is 0.678. The van der Waals surface area contributed by atoms with E-state index in [1.165, 1.54) is 11.3 Å². The molecule has 0 saturated carbocycles. The molecule has 0 spiro atoms. The first-order valence-corrected chi connectivity index (χ1v) is 5.92. The number of hydrogen-bond acceptors (Lipinski definition) is 4. The smallest absolute Gasteiger partial charge is 0.346 e. The van der Waals surface area contributed by atoms with Gasteiger partial charge in [-0.15, -0.1) is 11.3 Å². The van der Waals surface area contributed by atoms with Gasteiger partial charge in [0.15, 0.2) is 0 Å². The van der Waals surface area contributed by atoms with Crippen molar-refractivity contribution in [3.8, 4) is 0 Å². The summed E-state index contributed by atoms with van der Waals surface area (Å²) in [7, 11) is 0. The molecule has 0 aliphatic rings. The predicted octanol–water partition coefficient (Wildman–Crippen LogP) is 2.56. The lowest BCUT2D eigenvalue weighted by Gasteiger charge is -2.03. The number of aromatic nitrogens is 1. The molecule has 0 bridgehead atoms. The minimum Gasteiger partial charge on any atom is -0.477 e. The van der Waals surface area contributed by atoms with Crippen molar-refractivity contribution in [1.82, 2.24) is 4.98 Å². The average molecular weight is 249 g/mol. The molecule has 17 heavy (non-hydrogen) atoms. The fourth-order valence-electron chi connectivity index (χ4n) is 1.39. The number of aromatic carboxylic acids is 1. The van der Waals surface area contributed by atoms with Crippen molar-refractivity contribution in [2.75, 3.05) is 0 Å². The molecule has 1 N–H and O–H groups in total. The molecule has 0 aliphatic heterocycles. The molecule has 0 saturated heterocycles. The summed E-state index contributed by atoms with van der Waals surface area (Å²) in [4.78, 5) is 15.3. The second-order valence-electron chi connectivity index (χ2n) is 3.39. The van der Waals surface area contributed by atoms with Crippen molar-refractivity contribution >= 4 is 17.3 Å². The number of nitrogens with zero attached hydrogens (tertiary/aromatic N) is 1. The monoisotopic (exact) mass is 249 g/mol. The molecule has 4 nitrogen and oxygen atoms in total. The van der Waals surface area contributed by atoms with Crippen LogP contribution in [-0.4, -0.2) is 16.1 Å². The van der Waals surface area contributed by atoms with E-state index in [-0.39, 0.29) is 0 Å². The zero-order chi connectivity index (χ0) is 12.1. The predicted molar refractivity (Wildman–Crippen MR) is 64.0 cm³/mol. The fraction of sp³-hybridized carbons (Fsp3) is 0.167. The van der Waals surface area contributed by atoms with Crippen molar-refractivity contribution in [3.63, 3.8) is 0 Å². The summed E-state index contributed by atoms with van der Waals surface area (Å²) in [5.41, 5.74) is 1.54. The molecule has 0 aromatic carbocycles. The SMILES string of the molecule is O=C(O)c1sccc1COCc1ccccn1. The number of carboxylic acids is 1. The number of ether oxygens (including phenoxy) is 1. The van der Waals surface area contributed by atoms with E-state index in [4.69, 9.17) is 9.84 Å². The van der Waals surface area contributed by atoms with Gasteiger partial charge in [0, 0.05) is 11.8 Å². The van der Waals surface area contributed by atoms with Crippen molar-refractivity contribution in [1.29, 1.82) is 0 Å². The maximum absolute atomic E-state index is 10.9. The first kappa shape index (κ1) is 11.8. The van der Waals surface area contributed by atoms with Gasteiger partial charge in [-0.05, 0) is 23.6 Å². The summed E-state index contributed by atoms with van der Waals surface area (Å²) in [5.74, 6) is -0.906. The molecule has 2 aromatic rings. The van der Waals surface area contributed by atoms with E-state index >= 15 is 0 Å². The van der Waals surface area contributed by atoms with Gasteiger partial charge < -0.3 is 9.84 Å². The Balaban J connectivity index is 1.90. The number of carbonyl (C=O) groups is 1. The van der Waals surface area contributed by atoms with Gasteiger partial charge in [0.2, 0.25) is 0 Å². The van der Waals surface area contributed by atoms with Gasteiger partial charge in [0.05, 0.1) is 18.9 Å². The molecule has 2 rings (SSSR count). The molecule has 0 unspecified atom stereocenters. The van der Waals surface area contributed by atoms with E-state index in [0.717, 1.165) is 5.69 Å². The Morgan fingerprint density at radius 3 is 2.94 bits per heavy atom. The second-order valence-corrected chi connectivity index (χ2v) is 4.31. The van der Waals surface area contributed by atoms with Crippen LogP contribution < -0.4 is 0 Å². The van der Waals surface area contributed by atoms with Crippen LogP contribution in [0.1, 0.15) is 20.9 Å². The molecule has 0 aliphatic carbocycles. The van der Waals surface area contributed by atoms with Crippen LogP contribution in [0.3, 0.4) is 0 Å². The van der Waals surface area contributed by atoms with Gasteiger partial charge in [0.25, 0.3) is 0 Å². The van der Waals surface area contributed by atoms with Gasteiger partial charge in [-0.2, -0.15) is 0 Å². The number of thiophene rings is 1. The Morgan fingerprint density at radius 2 is 2.24 bits per heavy atom. The van der Waals surface area contributed by atoms with Gasteiger partial charge in [-0.25, -0.2) is 4.79 Å². The van der Waals surface area contributed by atoms with Crippen molar-refractivity contribution in [3.05, 3.63) is 52.0 Å². The number of pyridine rings is 1. The van der Waals surface area contributed by atoms with Crippen LogP contribution >= 0.6 is 11.3 Å². The van der Waals surface area contributed by atoms with Crippen LogP contribution in [0.5, 0.6) is 0 Å². The molecule has 0 atom stereocenters. The zero-order valence-electron chi connectivity index (χ0n) is 9.00. The Hall–Kier alpha value is -1.72. The maximum Gasteiger partial charge on any atom is 0.346 e. The molecule has 88 valence electrons. The van der Waals surface area contributed by atoms with Crippen molar-refractivity contribution in [2.45, 2.75) is 13.2 Å². The third kappa shape index (κ3) is 3.12. The molecule has 2 heterocycles. The first-order valence-electron chi connectivity index (χ1n) is 5.04. The molecular formula is C12H11NO3S. The molecule has 0 radical (unpaired) electrons. The third-order valence-electron chi connectivity index (χ3n) is 2.17. The largest absolute Gasteiger partial charge is 0.477 e. The van der Waals surface area contributed by atoms with Crippen molar-refractivity contribution in [2.24, 2.45) is 0 Å². The fourth-order valence-corrected chi connectivity index (χ4v) is 2.13. The topological polar surface area (TPSA) is 59.4 Å². The number of carboxylic acid groups (broad SMARTS) is 1. The summed E-state index contributed by atoms with van der Waals surface area (Å²) in [5, 5.41) is 10.7. The van der Waals surface area contributed by atoms with E-state index in [9.17, 15) is 4.79 Å². The first-order chi connectivity index (χ1) is 8.27. The molecule has 5 heteroatoms. The minimum absolute atomic E-state index is 0.293. The van der Waals surface area contributed by atoms with Crippen molar-refractivity contribution < 1.29 is 14.6 Å². The molecule has 0 amide bonds. The normalized spacial score (nSPS) is 10.4. The van der Waals surface area contributed by atoms with E-state index < -0.39 is 5.97 Å². The van der Waals surface area contributed by atoms with Gasteiger partial charge in [-0.3, -0.25) is 4.98 Å². The summed E-state index contributed by atoms with van der Waals surface area (Å²) in [6.07, 6.45) is 1.70. The Kier molecular flexibility index (Phi) is 3.85. The highest BCUT2D eigenvalue weighted by atomic mass is 32.1. The number of hydrogen-bond donors (Lipinski definition) is 1. The summed E-state index contributed by atoms with van der Waals surface area (Å²) in [6, 6.07) is 7.36. The highest BCUT2D eigenvalue weighted by molar-refractivity contribution is 7.12. The van der Waals surface area contributed by atoms with Crippen LogP contribution in [0.25, 0.3) is 0 Å². The lowest BCUT2D eigenvalue weighted by molar-refractivity contribution is 0.0690. The van der Waals surface area contributed by atoms with Gasteiger partial charge >= 0.3 is 5.97 Å². The molecule has 2 aromatic heterocycles. The maximum atomic E-state index is 10.9. The zero-order valence-corrected chi connectivity index (χ0v) is 9.81. The summed E-state index contributed by atoms with van der Waals surface area (Å²) >= 11 is 1.21. The lowest BCUT2D eigenvalue weighted by Crippen LogP contribution is -2.01. The average Bonchev–Trinajstić information content (AvgIpc) is 2.79. The Labute approximate surface area is 103 Å². The van der Waals surface area contributed by atoms with Crippen LogP contribution in [-0.2, 0) is 18.0 Å².